The van der Waals surface area contributed by atoms with Crippen LogP contribution in [-0.2, 0) is 6.42 Å². The van der Waals surface area contributed by atoms with Gasteiger partial charge in [0, 0.05) is 30.8 Å². The molecule has 0 aliphatic heterocycles. The van der Waals surface area contributed by atoms with Crippen molar-refractivity contribution in [2.75, 3.05) is 7.05 Å². The van der Waals surface area contributed by atoms with E-state index in [0.717, 1.165) is 12.8 Å². The number of pyridine rings is 2. The summed E-state index contributed by atoms with van der Waals surface area (Å²) in [7, 11) is 1.99. The third-order valence-corrected chi connectivity index (χ3v) is 2.91. The molecule has 0 aliphatic rings. The van der Waals surface area contributed by atoms with Gasteiger partial charge in [-0.25, -0.2) is 0 Å². The Balaban J connectivity index is 1.97. The molecule has 2 heterocycles. The van der Waals surface area contributed by atoms with Gasteiger partial charge in [0.25, 0.3) is 0 Å². The molecule has 2 aromatic rings. The SMILES string of the molecule is CNC(CCc1ccncc1)c1cccnc1. The molecule has 0 radical (unpaired) electrons. The number of nitrogens with one attached hydrogen (secondary N) is 1. The van der Waals surface area contributed by atoms with Crippen molar-refractivity contribution in [3.63, 3.8) is 0 Å². The largest absolute Gasteiger partial charge is 0.313 e. The van der Waals surface area contributed by atoms with Gasteiger partial charge in [-0.05, 0) is 49.2 Å². The fourth-order valence-electron chi connectivity index (χ4n) is 1.92. The lowest BCUT2D eigenvalue weighted by molar-refractivity contribution is 0.547. The summed E-state index contributed by atoms with van der Waals surface area (Å²) in [5, 5.41) is 3.33. The fraction of sp³-hybridized carbons (Fsp3) is 0.286. The van der Waals surface area contributed by atoms with Gasteiger partial charge in [-0.3, -0.25) is 9.97 Å². The molecular formula is C14H17N3. The van der Waals surface area contributed by atoms with Gasteiger partial charge in [-0.2, -0.15) is 0 Å². The smallest absolute Gasteiger partial charge is 0.0336 e. The molecule has 1 N–H and O–H groups in total. The third-order valence-electron chi connectivity index (χ3n) is 2.91. The summed E-state index contributed by atoms with van der Waals surface area (Å²) in [6.45, 7) is 0. The first-order valence-electron chi connectivity index (χ1n) is 5.86. The zero-order chi connectivity index (χ0) is 11.9. The normalized spacial score (nSPS) is 12.3. The molecule has 0 fully saturated rings. The molecule has 0 bridgehead atoms. The molecule has 0 amide bonds. The Morgan fingerprint density at radius 3 is 2.59 bits per heavy atom. The minimum atomic E-state index is 0.358. The molecule has 2 rings (SSSR count). The van der Waals surface area contributed by atoms with Crippen LogP contribution in [0.2, 0.25) is 0 Å². The van der Waals surface area contributed by atoms with Gasteiger partial charge in [0.1, 0.15) is 0 Å². The topological polar surface area (TPSA) is 37.8 Å². The van der Waals surface area contributed by atoms with Crippen LogP contribution in [0.1, 0.15) is 23.6 Å². The Hall–Kier alpha value is -1.74. The molecule has 0 saturated heterocycles. The molecule has 2 aromatic heterocycles. The van der Waals surface area contributed by atoms with E-state index in [1.807, 2.05) is 31.7 Å². The van der Waals surface area contributed by atoms with E-state index >= 15 is 0 Å². The highest BCUT2D eigenvalue weighted by Crippen LogP contribution is 2.17. The molecule has 0 saturated carbocycles. The number of aryl methyl sites for hydroxylation is 1. The van der Waals surface area contributed by atoms with E-state index in [9.17, 15) is 0 Å². The Morgan fingerprint density at radius 2 is 1.94 bits per heavy atom. The van der Waals surface area contributed by atoms with Crippen LogP contribution in [0.25, 0.3) is 0 Å². The molecule has 1 atom stereocenters. The number of hydrogen-bond donors (Lipinski definition) is 1. The van der Waals surface area contributed by atoms with E-state index in [1.54, 1.807) is 6.20 Å². The third kappa shape index (κ3) is 3.36. The lowest BCUT2D eigenvalue weighted by atomic mass is 10.0. The highest BCUT2D eigenvalue weighted by atomic mass is 14.9. The molecule has 88 valence electrons. The summed E-state index contributed by atoms with van der Waals surface area (Å²) in [4.78, 5) is 8.18. The average Bonchev–Trinajstić information content (AvgIpc) is 2.42. The molecule has 3 heteroatoms. The lowest BCUT2D eigenvalue weighted by Gasteiger charge is -2.15. The second kappa shape index (κ2) is 6.11. The average molecular weight is 227 g/mol. The van der Waals surface area contributed by atoms with Crippen molar-refractivity contribution in [2.24, 2.45) is 0 Å². The Kier molecular flexibility index (Phi) is 4.22. The highest BCUT2D eigenvalue weighted by Gasteiger charge is 2.08. The van der Waals surface area contributed by atoms with E-state index in [0.29, 0.717) is 6.04 Å². The molecule has 0 aromatic carbocycles. The van der Waals surface area contributed by atoms with Gasteiger partial charge in [-0.1, -0.05) is 6.07 Å². The summed E-state index contributed by atoms with van der Waals surface area (Å²) in [6, 6.07) is 8.58. The van der Waals surface area contributed by atoms with Crippen LogP contribution >= 0.6 is 0 Å². The molecular weight excluding hydrogens is 210 g/mol. The quantitative estimate of drug-likeness (QED) is 0.852. The number of aromatic nitrogens is 2. The van der Waals surface area contributed by atoms with Crippen LogP contribution in [-0.4, -0.2) is 17.0 Å². The number of rotatable bonds is 5. The maximum absolute atomic E-state index is 4.16. The van der Waals surface area contributed by atoms with Gasteiger partial charge in [-0.15, -0.1) is 0 Å². The standard InChI is InChI=1S/C14H17N3/c1-15-14(13-3-2-8-17-11-13)5-4-12-6-9-16-10-7-12/h2-3,6-11,14-15H,4-5H2,1H3. The molecule has 1 unspecified atom stereocenters. The first-order valence-corrected chi connectivity index (χ1v) is 5.86. The summed E-state index contributed by atoms with van der Waals surface area (Å²) >= 11 is 0. The van der Waals surface area contributed by atoms with Crippen molar-refractivity contribution in [3.8, 4) is 0 Å². The van der Waals surface area contributed by atoms with E-state index < -0.39 is 0 Å². The van der Waals surface area contributed by atoms with E-state index in [-0.39, 0.29) is 0 Å². The van der Waals surface area contributed by atoms with Gasteiger partial charge < -0.3 is 5.32 Å². The van der Waals surface area contributed by atoms with Crippen LogP contribution in [0.4, 0.5) is 0 Å². The predicted molar refractivity (Wildman–Crippen MR) is 68.6 cm³/mol. The van der Waals surface area contributed by atoms with E-state index in [2.05, 4.69) is 33.5 Å². The van der Waals surface area contributed by atoms with Gasteiger partial charge >= 0.3 is 0 Å². The zero-order valence-electron chi connectivity index (χ0n) is 10.0. The summed E-state index contributed by atoms with van der Waals surface area (Å²) in [5.41, 5.74) is 2.56. The molecule has 17 heavy (non-hydrogen) atoms. The molecule has 0 spiro atoms. The van der Waals surface area contributed by atoms with Gasteiger partial charge in [0.2, 0.25) is 0 Å². The van der Waals surface area contributed by atoms with Crippen LogP contribution in [0.5, 0.6) is 0 Å². The zero-order valence-corrected chi connectivity index (χ0v) is 10.0. The first kappa shape index (κ1) is 11.7. The lowest BCUT2D eigenvalue weighted by Crippen LogP contribution is -2.17. The van der Waals surface area contributed by atoms with Crippen LogP contribution in [0, 0.1) is 0 Å². The second-order valence-corrected chi connectivity index (χ2v) is 4.02. The van der Waals surface area contributed by atoms with Crippen molar-refractivity contribution < 1.29 is 0 Å². The van der Waals surface area contributed by atoms with Crippen LogP contribution in [0.15, 0.2) is 49.1 Å². The summed E-state index contributed by atoms with van der Waals surface area (Å²) in [6.07, 6.45) is 9.52. The molecule has 0 aliphatic carbocycles. The van der Waals surface area contributed by atoms with Gasteiger partial charge in [0.15, 0.2) is 0 Å². The second-order valence-electron chi connectivity index (χ2n) is 4.02. The van der Waals surface area contributed by atoms with Crippen molar-refractivity contribution in [1.29, 1.82) is 0 Å². The summed E-state index contributed by atoms with van der Waals surface area (Å²) < 4.78 is 0. The minimum Gasteiger partial charge on any atom is -0.313 e. The van der Waals surface area contributed by atoms with Crippen molar-refractivity contribution in [1.82, 2.24) is 15.3 Å². The summed E-state index contributed by atoms with van der Waals surface area (Å²) in [5.74, 6) is 0. The minimum absolute atomic E-state index is 0.358. The fourth-order valence-corrected chi connectivity index (χ4v) is 1.92. The Labute approximate surface area is 102 Å². The van der Waals surface area contributed by atoms with Crippen molar-refractivity contribution >= 4 is 0 Å². The van der Waals surface area contributed by atoms with E-state index in [1.165, 1.54) is 11.1 Å². The maximum Gasteiger partial charge on any atom is 0.0336 e. The van der Waals surface area contributed by atoms with Crippen molar-refractivity contribution in [2.45, 2.75) is 18.9 Å². The predicted octanol–water partition coefficient (Wildman–Crippen LogP) is 2.37. The van der Waals surface area contributed by atoms with Crippen LogP contribution < -0.4 is 5.32 Å². The Morgan fingerprint density at radius 1 is 1.12 bits per heavy atom. The van der Waals surface area contributed by atoms with E-state index in [4.69, 9.17) is 0 Å². The first-order chi connectivity index (χ1) is 8.40. The maximum atomic E-state index is 4.16. The number of nitrogens with zero attached hydrogens (tertiary/aromatic N) is 2. The van der Waals surface area contributed by atoms with Crippen LogP contribution in [0.3, 0.4) is 0 Å². The molecule has 3 nitrogen and oxygen atoms in total. The highest BCUT2D eigenvalue weighted by molar-refractivity contribution is 5.15. The number of hydrogen-bond acceptors (Lipinski definition) is 3. The monoisotopic (exact) mass is 227 g/mol. The van der Waals surface area contributed by atoms with Gasteiger partial charge in [0.05, 0.1) is 0 Å². The Bertz CT molecular complexity index is 428. The van der Waals surface area contributed by atoms with Crippen molar-refractivity contribution in [3.05, 3.63) is 60.2 Å².